The number of hydrogen-bond donors (Lipinski definition) is 0. The Kier molecular flexibility index (Phi) is 4.15. The molecular formula is C16H16N2O5S. The lowest BCUT2D eigenvalue weighted by Crippen LogP contribution is -2.37. The summed E-state index contributed by atoms with van der Waals surface area (Å²) in [5.74, 6) is -0.312. The molecule has 0 saturated carbocycles. The van der Waals surface area contributed by atoms with Gasteiger partial charge >= 0.3 is 5.97 Å². The molecule has 1 aromatic carbocycles. The van der Waals surface area contributed by atoms with Crippen LogP contribution in [0.1, 0.15) is 17.4 Å². The zero-order chi connectivity index (χ0) is 17.3. The maximum absolute atomic E-state index is 12.9. The van der Waals surface area contributed by atoms with E-state index in [1.54, 1.807) is 24.3 Å². The van der Waals surface area contributed by atoms with E-state index in [0.717, 1.165) is 16.2 Å². The third-order valence-electron chi connectivity index (χ3n) is 3.79. The largest absolute Gasteiger partial charge is 0.467 e. The minimum absolute atomic E-state index is 0.113. The molecule has 0 spiro atoms. The van der Waals surface area contributed by atoms with E-state index in [-0.39, 0.29) is 4.90 Å². The number of sulfonamides is 1. The van der Waals surface area contributed by atoms with Crippen molar-refractivity contribution in [2.24, 2.45) is 4.99 Å². The first-order valence-electron chi connectivity index (χ1n) is 7.20. The predicted molar refractivity (Wildman–Crippen MR) is 85.9 cm³/mol. The van der Waals surface area contributed by atoms with Gasteiger partial charge in [-0.15, -0.1) is 0 Å². The monoisotopic (exact) mass is 348 g/mol. The molecule has 0 fully saturated rings. The Morgan fingerprint density at radius 3 is 2.54 bits per heavy atom. The molecule has 0 N–H and O–H groups in total. The number of rotatable bonds is 4. The summed E-state index contributed by atoms with van der Waals surface area (Å²) in [7, 11) is -2.66. The van der Waals surface area contributed by atoms with Gasteiger partial charge in [0.05, 0.1) is 18.3 Å². The Balaban J connectivity index is 2.04. The molecule has 2 atom stereocenters. The van der Waals surface area contributed by atoms with Crippen molar-refractivity contribution in [3.05, 3.63) is 54.0 Å². The van der Waals surface area contributed by atoms with Crippen LogP contribution in [-0.2, 0) is 19.6 Å². The molecule has 7 nitrogen and oxygen atoms in total. The van der Waals surface area contributed by atoms with Crippen LogP contribution < -0.4 is 0 Å². The van der Waals surface area contributed by atoms with E-state index < -0.39 is 28.1 Å². The lowest BCUT2D eigenvalue weighted by molar-refractivity contribution is -0.142. The molecular weight excluding hydrogens is 332 g/mol. The summed E-state index contributed by atoms with van der Waals surface area (Å²) < 4.78 is 37.0. The van der Waals surface area contributed by atoms with Crippen molar-refractivity contribution < 1.29 is 22.4 Å². The number of carbonyl (C=O) groups is 1. The van der Waals surface area contributed by atoms with E-state index in [1.807, 2.05) is 6.92 Å². The SMILES string of the molecule is COC(=O)[C@@H]1N=CN(S(=O)(=O)c2ccc(C)cc2)[C@H]1c1ccco1. The van der Waals surface area contributed by atoms with Crippen molar-refractivity contribution in [2.45, 2.75) is 23.9 Å². The molecule has 0 unspecified atom stereocenters. The number of carbonyl (C=O) groups excluding carboxylic acids is 1. The number of benzene rings is 1. The number of ether oxygens (including phenoxy) is 1. The lowest BCUT2D eigenvalue weighted by atomic mass is 10.1. The van der Waals surface area contributed by atoms with Gasteiger partial charge in [-0.05, 0) is 31.2 Å². The third-order valence-corrected chi connectivity index (χ3v) is 5.53. The normalized spacial score (nSPS) is 20.3. The van der Waals surface area contributed by atoms with Gasteiger partial charge in [-0.2, -0.15) is 0 Å². The quantitative estimate of drug-likeness (QED) is 0.787. The van der Waals surface area contributed by atoms with Crippen LogP contribution in [0.5, 0.6) is 0 Å². The zero-order valence-corrected chi connectivity index (χ0v) is 13.9. The molecule has 3 rings (SSSR count). The predicted octanol–water partition coefficient (Wildman–Crippen LogP) is 1.90. The van der Waals surface area contributed by atoms with Gasteiger partial charge in [0.25, 0.3) is 10.0 Å². The molecule has 0 amide bonds. The Hall–Kier alpha value is -2.61. The molecule has 8 heteroatoms. The van der Waals surface area contributed by atoms with Crippen molar-refractivity contribution in [3.63, 3.8) is 0 Å². The fourth-order valence-electron chi connectivity index (χ4n) is 2.52. The second-order valence-electron chi connectivity index (χ2n) is 5.34. The van der Waals surface area contributed by atoms with E-state index in [9.17, 15) is 13.2 Å². The summed E-state index contributed by atoms with van der Waals surface area (Å²) in [5, 5.41) is 0. The van der Waals surface area contributed by atoms with Crippen LogP contribution in [0.4, 0.5) is 0 Å². The molecule has 0 aliphatic carbocycles. The number of aryl methyl sites for hydroxylation is 1. The molecule has 2 aromatic rings. The molecule has 1 aliphatic rings. The average molecular weight is 348 g/mol. The van der Waals surface area contributed by atoms with Gasteiger partial charge in [0.1, 0.15) is 18.1 Å². The van der Waals surface area contributed by atoms with E-state index in [4.69, 9.17) is 9.15 Å². The van der Waals surface area contributed by atoms with Crippen LogP contribution in [-0.4, -0.2) is 38.2 Å². The second-order valence-corrected chi connectivity index (χ2v) is 7.18. The van der Waals surface area contributed by atoms with Crippen LogP contribution in [0.15, 0.2) is 57.0 Å². The van der Waals surface area contributed by atoms with E-state index in [0.29, 0.717) is 5.76 Å². The summed E-state index contributed by atoms with van der Waals surface area (Å²) in [5.41, 5.74) is 0.944. The second kappa shape index (κ2) is 6.12. The van der Waals surface area contributed by atoms with Crippen molar-refractivity contribution in [3.8, 4) is 0 Å². The molecule has 1 aliphatic heterocycles. The maximum Gasteiger partial charge on any atom is 0.333 e. The fourth-order valence-corrected chi connectivity index (χ4v) is 3.94. The average Bonchev–Trinajstić information content (AvgIpc) is 3.23. The van der Waals surface area contributed by atoms with Gasteiger partial charge < -0.3 is 9.15 Å². The van der Waals surface area contributed by atoms with Gasteiger partial charge in [0, 0.05) is 0 Å². The van der Waals surface area contributed by atoms with E-state index >= 15 is 0 Å². The van der Waals surface area contributed by atoms with Crippen LogP contribution >= 0.6 is 0 Å². The molecule has 0 saturated heterocycles. The van der Waals surface area contributed by atoms with Crippen molar-refractivity contribution >= 4 is 22.3 Å². The molecule has 1 aromatic heterocycles. The molecule has 0 bridgehead atoms. The highest BCUT2D eigenvalue weighted by Gasteiger charge is 2.45. The minimum atomic E-state index is -3.89. The first-order chi connectivity index (χ1) is 11.4. The van der Waals surface area contributed by atoms with E-state index in [2.05, 4.69) is 4.99 Å². The van der Waals surface area contributed by atoms with Gasteiger partial charge in [-0.3, -0.25) is 4.99 Å². The first-order valence-corrected chi connectivity index (χ1v) is 8.64. The highest BCUT2D eigenvalue weighted by atomic mass is 32.2. The maximum atomic E-state index is 12.9. The summed E-state index contributed by atoms with van der Waals surface area (Å²) in [6.45, 7) is 1.87. The number of methoxy groups -OCH3 is 1. The topological polar surface area (TPSA) is 89.2 Å². The van der Waals surface area contributed by atoms with E-state index in [1.165, 1.54) is 25.5 Å². The molecule has 0 radical (unpaired) electrons. The Morgan fingerprint density at radius 2 is 1.96 bits per heavy atom. The van der Waals surface area contributed by atoms with Crippen LogP contribution in [0.3, 0.4) is 0 Å². The molecule has 24 heavy (non-hydrogen) atoms. The van der Waals surface area contributed by atoms with Gasteiger partial charge in [-0.25, -0.2) is 17.5 Å². The summed E-state index contributed by atoms with van der Waals surface area (Å²) in [6.07, 6.45) is 2.56. The van der Waals surface area contributed by atoms with Crippen LogP contribution in [0, 0.1) is 6.92 Å². The summed E-state index contributed by atoms with van der Waals surface area (Å²) in [6, 6.07) is 7.75. The number of aliphatic imine (C=N–C) groups is 1. The first kappa shape index (κ1) is 16.3. The Labute approximate surface area is 139 Å². The van der Waals surface area contributed by atoms with Crippen LogP contribution in [0.2, 0.25) is 0 Å². The molecule has 2 heterocycles. The van der Waals surface area contributed by atoms with Crippen LogP contribution in [0.25, 0.3) is 0 Å². The summed E-state index contributed by atoms with van der Waals surface area (Å²) in [4.78, 5) is 16.1. The Morgan fingerprint density at radius 1 is 1.25 bits per heavy atom. The number of nitrogens with zero attached hydrogens (tertiary/aromatic N) is 2. The number of furan rings is 1. The van der Waals surface area contributed by atoms with Crippen molar-refractivity contribution in [2.75, 3.05) is 7.11 Å². The van der Waals surface area contributed by atoms with Crippen molar-refractivity contribution in [1.29, 1.82) is 0 Å². The highest BCUT2D eigenvalue weighted by Crippen LogP contribution is 2.35. The highest BCUT2D eigenvalue weighted by molar-refractivity contribution is 7.89. The summed E-state index contributed by atoms with van der Waals surface area (Å²) >= 11 is 0. The Bertz CT molecular complexity index is 856. The van der Waals surface area contributed by atoms with Gasteiger partial charge in [0.2, 0.25) is 0 Å². The zero-order valence-electron chi connectivity index (χ0n) is 13.1. The smallest absolute Gasteiger partial charge is 0.333 e. The number of esters is 1. The lowest BCUT2D eigenvalue weighted by Gasteiger charge is -2.24. The van der Waals surface area contributed by atoms with Gasteiger partial charge in [-0.1, -0.05) is 17.7 Å². The number of hydrogen-bond acceptors (Lipinski definition) is 6. The standard InChI is InChI=1S/C16H16N2O5S/c1-11-5-7-12(8-6-11)24(20,21)18-10-17-14(16(19)22-2)15(18)13-4-3-9-23-13/h3-10,14-15H,1-2H3/t14-,15+/m1/s1. The van der Waals surface area contributed by atoms with Crippen molar-refractivity contribution in [1.82, 2.24) is 4.31 Å². The fraction of sp³-hybridized carbons (Fsp3) is 0.250. The molecule has 126 valence electrons. The third kappa shape index (κ3) is 2.69. The van der Waals surface area contributed by atoms with Gasteiger partial charge in [0.15, 0.2) is 6.04 Å². The minimum Gasteiger partial charge on any atom is -0.467 e.